The lowest BCUT2D eigenvalue weighted by molar-refractivity contribution is 0.482. The highest BCUT2D eigenvalue weighted by atomic mass is 32.2. The summed E-state index contributed by atoms with van der Waals surface area (Å²) in [6, 6.07) is -0.147. The maximum atomic E-state index is 12.0. The summed E-state index contributed by atoms with van der Waals surface area (Å²) in [4.78, 5) is 0. The van der Waals surface area contributed by atoms with Gasteiger partial charge < -0.3 is 5.32 Å². The van der Waals surface area contributed by atoms with Gasteiger partial charge in [0.1, 0.15) is 0 Å². The number of hydrogen-bond donors (Lipinski definition) is 2. The van der Waals surface area contributed by atoms with Crippen LogP contribution < -0.4 is 10.0 Å². The Morgan fingerprint density at radius 2 is 2.24 bits per heavy atom. The van der Waals surface area contributed by atoms with E-state index in [9.17, 15) is 12.6 Å². The molecule has 1 fully saturated rings. The Balaban J connectivity index is 2.44. The van der Waals surface area contributed by atoms with Gasteiger partial charge in [0.05, 0.1) is 5.25 Å². The molecule has 17 heavy (non-hydrogen) atoms. The van der Waals surface area contributed by atoms with Crippen LogP contribution in [0, 0.1) is 0 Å². The van der Waals surface area contributed by atoms with Crippen molar-refractivity contribution in [3.05, 3.63) is 0 Å². The maximum Gasteiger partial charge on any atom is 0.215 e. The summed E-state index contributed by atoms with van der Waals surface area (Å²) in [6.07, 6.45) is 3.86. The van der Waals surface area contributed by atoms with E-state index in [1.165, 1.54) is 0 Å². The molecule has 102 valence electrons. The molecule has 0 aromatic rings. The molecule has 0 bridgehead atoms. The standard InChI is InChI=1S/C10H22N2O3S2/c1-9(5-7-16(2)13)12-17(14,15)10-4-3-6-11-8-10/h9-12H,3-8H2,1-2H3. The lowest BCUT2D eigenvalue weighted by atomic mass is 10.2. The quantitative estimate of drug-likeness (QED) is 0.708. The molecule has 0 radical (unpaired) electrons. The van der Waals surface area contributed by atoms with Crippen molar-refractivity contribution in [2.24, 2.45) is 0 Å². The van der Waals surface area contributed by atoms with Crippen LogP contribution in [-0.2, 0) is 20.8 Å². The van der Waals surface area contributed by atoms with Gasteiger partial charge in [-0.3, -0.25) is 4.21 Å². The molecule has 0 aromatic heterocycles. The predicted octanol–water partition coefficient (Wildman–Crippen LogP) is -0.185. The molecule has 3 unspecified atom stereocenters. The number of piperidine rings is 1. The molecule has 0 spiro atoms. The Hall–Kier alpha value is 0.0200. The molecule has 3 atom stereocenters. The van der Waals surface area contributed by atoms with Crippen molar-refractivity contribution < 1.29 is 12.6 Å². The van der Waals surface area contributed by atoms with Gasteiger partial charge in [-0.25, -0.2) is 13.1 Å². The van der Waals surface area contributed by atoms with E-state index in [-0.39, 0.29) is 11.3 Å². The smallest absolute Gasteiger partial charge is 0.215 e. The van der Waals surface area contributed by atoms with Gasteiger partial charge in [0.25, 0.3) is 0 Å². The van der Waals surface area contributed by atoms with E-state index in [4.69, 9.17) is 0 Å². The van der Waals surface area contributed by atoms with Crippen LogP contribution in [0.2, 0.25) is 0 Å². The first kappa shape index (κ1) is 15.1. The fourth-order valence-electron chi connectivity index (χ4n) is 1.86. The SMILES string of the molecule is CC(CCS(C)=O)NS(=O)(=O)C1CCCNC1. The molecular formula is C10H22N2O3S2. The summed E-state index contributed by atoms with van der Waals surface area (Å²) in [5.41, 5.74) is 0. The van der Waals surface area contributed by atoms with Gasteiger partial charge in [0, 0.05) is 35.4 Å². The van der Waals surface area contributed by atoms with Crippen LogP contribution in [0.1, 0.15) is 26.2 Å². The maximum absolute atomic E-state index is 12.0. The Morgan fingerprint density at radius 1 is 1.53 bits per heavy atom. The molecule has 0 aromatic carbocycles. The molecule has 0 saturated carbocycles. The van der Waals surface area contributed by atoms with Gasteiger partial charge in [-0.1, -0.05) is 0 Å². The zero-order chi connectivity index (χ0) is 12.9. The minimum atomic E-state index is -3.24. The molecule has 0 aliphatic carbocycles. The van der Waals surface area contributed by atoms with Crippen LogP contribution in [0.5, 0.6) is 0 Å². The third kappa shape index (κ3) is 5.46. The van der Waals surface area contributed by atoms with Crippen LogP contribution in [0.25, 0.3) is 0 Å². The second-order valence-electron chi connectivity index (χ2n) is 4.60. The largest absolute Gasteiger partial charge is 0.315 e. The van der Waals surface area contributed by atoms with Crippen molar-refractivity contribution in [3.8, 4) is 0 Å². The normalized spacial score (nSPS) is 25.4. The minimum absolute atomic E-state index is 0.147. The highest BCUT2D eigenvalue weighted by Gasteiger charge is 2.28. The molecule has 1 rings (SSSR count). The van der Waals surface area contributed by atoms with E-state index in [2.05, 4.69) is 10.0 Å². The Bertz CT molecular complexity index is 351. The first-order valence-electron chi connectivity index (χ1n) is 5.93. The molecule has 1 aliphatic rings. The van der Waals surface area contributed by atoms with Crippen molar-refractivity contribution in [1.82, 2.24) is 10.0 Å². The van der Waals surface area contributed by atoms with E-state index in [0.717, 1.165) is 19.4 Å². The topological polar surface area (TPSA) is 75.3 Å². The van der Waals surface area contributed by atoms with Gasteiger partial charge in [-0.15, -0.1) is 0 Å². The van der Waals surface area contributed by atoms with Crippen LogP contribution in [0.4, 0.5) is 0 Å². The minimum Gasteiger partial charge on any atom is -0.315 e. The number of nitrogens with one attached hydrogen (secondary N) is 2. The number of sulfonamides is 1. The zero-order valence-corrected chi connectivity index (χ0v) is 12.1. The lowest BCUT2D eigenvalue weighted by Crippen LogP contribution is -2.46. The van der Waals surface area contributed by atoms with Crippen LogP contribution in [0.15, 0.2) is 0 Å². The van der Waals surface area contributed by atoms with Crippen LogP contribution in [-0.4, -0.2) is 49.0 Å². The summed E-state index contributed by atoms with van der Waals surface area (Å²) in [5.74, 6) is 0.534. The lowest BCUT2D eigenvalue weighted by Gasteiger charge is -2.24. The molecule has 1 saturated heterocycles. The van der Waals surface area contributed by atoms with Gasteiger partial charge in [-0.05, 0) is 32.7 Å². The molecule has 2 N–H and O–H groups in total. The van der Waals surface area contributed by atoms with Gasteiger partial charge in [0.2, 0.25) is 10.0 Å². The van der Waals surface area contributed by atoms with Crippen molar-refractivity contribution in [2.45, 2.75) is 37.5 Å². The average Bonchev–Trinajstić information content (AvgIpc) is 2.27. The summed E-state index contributed by atoms with van der Waals surface area (Å²) in [7, 11) is -4.11. The molecule has 5 nitrogen and oxygen atoms in total. The highest BCUT2D eigenvalue weighted by Crippen LogP contribution is 2.11. The van der Waals surface area contributed by atoms with E-state index in [1.807, 2.05) is 6.92 Å². The third-order valence-corrected chi connectivity index (χ3v) is 5.72. The van der Waals surface area contributed by atoms with Gasteiger partial charge in [-0.2, -0.15) is 0 Å². The summed E-state index contributed by atoms with van der Waals surface area (Å²) < 4.78 is 37.6. The van der Waals surface area contributed by atoms with Crippen molar-refractivity contribution >= 4 is 20.8 Å². The molecule has 0 amide bonds. The van der Waals surface area contributed by atoms with Gasteiger partial charge in [0.15, 0.2) is 0 Å². The van der Waals surface area contributed by atoms with E-state index >= 15 is 0 Å². The molecule has 7 heteroatoms. The predicted molar refractivity (Wildman–Crippen MR) is 71.0 cm³/mol. The summed E-state index contributed by atoms with van der Waals surface area (Å²) in [6.45, 7) is 3.25. The van der Waals surface area contributed by atoms with E-state index < -0.39 is 20.8 Å². The Kier molecular flexibility index (Phi) is 6.05. The number of rotatable bonds is 6. The highest BCUT2D eigenvalue weighted by molar-refractivity contribution is 7.90. The van der Waals surface area contributed by atoms with Gasteiger partial charge >= 0.3 is 0 Å². The summed E-state index contributed by atoms with van der Waals surface area (Å²) in [5, 5.41) is 2.77. The molecule has 1 aliphatic heterocycles. The summed E-state index contributed by atoms with van der Waals surface area (Å²) >= 11 is 0. The third-order valence-electron chi connectivity index (χ3n) is 2.89. The fraction of sp³-hybridized carbons (Fsp3) is 1.00. The van der Waals surface area contributed by atoms with Crippen LogP contribution in [0.3, 0.4) is 0 Å². The first-order chi connectivity index (χ1) is 7.92. The van der Waals surface area contributed by atoms with E-state index in [0.29, 0.717) is 18.7 Å². The van der Waals surface area contributed by atoms with Crippen molar-refractivity contribution in [2.75, 3.05) is 25.1 Å². The Morgan fingerprint density at radius 3 is 2.76 bits per heavy atom. The second kappa shape index (κ2) is 6.82. The van der Waals surface area contributed by atoms with Crippen LogP contribution >= 0.6 is 0 Å². The van der Waals surface area contributed by atoms with Crippen molar-refractivity contribution in [3.63, 3.8) is 0 Å². The molecular weight excluding hydrogens is 260 g/mol. The average molecular weight is 282 g/mol. The fourth-order valence-corrected chi connectivity index (χ4v) is 4.23. The monoisotopic (exact) mass is 282 g/mol. The second-order valence-corrected chi connectivity index (χ2v) is 8.15. The first-order valence-corrected chi connectivity index (χ1v) is 9.21. The zero-order valence-electron chi connectivity index (χ0n) is 10.4. The van der Waals surface area contributed by atoms with E-state index in [1.54, 1.807) is 6.26 Å². The Labute approximate surface area is 106 Å². The molecule has 1 heterocycles. The number of hydrogen-bond acceptors (Lipinski definition) is 4. The van der Waals surface area contributed by atoms with Crippen molar-refractivity contribution in [1.29, 1.82) is 0 Å².